The Hall–Kier alpha value is -2.81. The monoisotopic (exact) mass is 388 g/mol. The standard InChI is InChI=1S/C23H14Cl2N2/c24-22-13-16(14-23(25)26-22)15-9-11-17(12-10-15)27-20-7-3-1-5-18(20)19-6-2-4-8-21(19)27/h1-14H. The molecule has 5 rings (SSSR count). The van der Waals surface area contributed by atoms with Crippen molar-refractivity contribution in [2.45, 2.75) is 0 Å². The van der Waals surface area contributed by atoms with Crippen molar-refractivity contribution in [3.63, 3.8) is 0 Å². The molecule has 0 atom stereocenters. The van der Waals surface area contributed by atoms with Crippen LogP contribution in [0.25, 0.3) is 38.6 Å². The van der Waals surface area contributed by atoms with E-state index >= 15 is 0 Å². The van der Waals surface area contributed by atoms with Gasteiger partial charge in [-0.05, 0) is 47.5 Å². The van der Waals surface area contributed by atoms with Crippen LogP contribution in [-0.4, -0.2) is 9.55 Å². The van der Waals surface area contributed by atoms with Crippen molar-refractivity contribution < 1.29 is 0 Å². The lowest BCUT2D eigenvalue weighted by molar-refractivity contribution is 1.18. The summed E-state index contributed by atoms with van der Waals surface area (Å²) >= 11 is 12.1. The molecule has 0 radical (unpaired) electrons. The van der Waals surface area contributed by atoms with E-state index in [9.17, 15) is 0 Å². The minimum absolute atomic E-state index is 0.393. The number of halogens is 2. The molecule has 0 saturated carbocycles. The van der Waals surface area contributed by atoms with E-state index in [1.54, 1.807) is 0 Å². The molecular formula is C23H14Cl2N2. The van der Waals surface area contributed by atoms with Crippen LogP contribution in [0.15, 0.2) is 84.9 Å². The molecule has 0 aliphatic heterocycles. The molecule has 0 aliphatic carbocycles. The van der Waals surface area contributed by atoms with Crippen LogP contribution in [0.4, 0.5) is 0 Å². The maximum atomic E-state index is 6.04. The van der Waals surface area contributed by atoms with Gasteiger partial charge in [-0.2, -0.15) is 0 Å². The molecule has 2 aromatic heterocycles. The lowest BCUT2D eigenvalue weighted by Crippen LogP contribution is -1.93. The van der Waals surface area contributed by atoms with Gasteiger partial charge < -0.3 is 4.57 Å². The van der Waals surface area contributed by atoms with Gasteiger partial charge in [-0.1, -0.05) is 71.7 Å². The fraction of sp³-hybridized carbons (Fsp3) is 0. The van der Waals surface area contributed by atoms with Crippen molar-refractivity contribution in [1.82, 2.24) is 9.55 Å². The van der Waals surface area contributed by atoms with E-state index in [4.69, 9.17) is 23.2 Å². The Morgan fingerprint density at radius 1 is 0.593 bits per heavy atom. The molecule has 0 fully saturated rings. The zero-order chi connectivity index (χ0) is 18.4. The smallest absolute Gasteiger partial charge is 0.131 e. The Morgan fingerprint density at radius 3 is 1.67 bits per heavy atom. The summed E-state index contributed by atoms with van der Waals surface area (Å²) in [5, 5.41) is 3.29. The molecule has 0 N–H and O–H groups in total. The molecule has 2 nitrogen and oxygen atoms in total. The second-order valence-electron chi connectivity index (χ2n) is 6.42. The summed E-state index contributed by atoms with van der Waals surface area (Å²) in [5.41, 5.74) is 5.50. The third-order valence-electron chi connectivity index (χ3n) is 4.80. The second-order valence-corrected chi connectivity index (χ2v) is 7.19. The first kappa shape index (κ1) is 16.4. The maximum absolute atomic E-state index is 6.04. The van der Waals surface area contributed by atoms with Crippen LogP contribution in [0.2, 0.25) is 10.3 Å². The Labute approximate surface area is 166 Å². The van der Waals surface area contributed by atoms with Crippen molar-refractivity contribution in [3.8, 4) is 16.8 Å². The summed E-state index contributed by atoms with van der Waals surface area (Å²) < 4.78 is 2.29. The van der Waals surface area contributed by atoms with Crippen LogP contribution in [-0.2, 0) is 0 Å². The van der Waals surface area contributed by atoms with Gasteiger partial charge >= 0.3 is 0 Å². The van der Waals surface area contributed by atoms with Gasteiger partial charge in [0.25, 0.3) is 0 Å². The van der Waals surface area contributed by atoms with Crippen LogP contribution in [0.1, 0.15) is 0 Å². The number of hydrogen-bond acceptors (Lipinski definition) is 1. The second kappa shape index (κ2) is 6.41. The fourth-order valence-corrected chi connectivity index (χ4v) is 4.10. The van der Waals surface area contributed by atoms with Gasteiger partial charge in [0.15, 0.2) is 0 Å². The van der Waals surface area contributed by atoms with Crippen LogP contribution < -0.4 is 0 Å². The Morgan fingerprint density at radius 2 is 1.11 bits per heavy atom. The van der Waals surface area contributed by atoms with Crippen molar-refractivity contribution in [1.29, 1.82) is 0 Å². The third kappa shape index (κ3) is 2.78. The molecule has 130 valence electrons. The average molecular weight is 389 g/mol. The normalized spacial score (nSPS) is 11.3. The molecule has 0 amide bonds. The molecule has 5 aromatic rings. The van der Waals surface area contributed by atoms with Crippen LogP contribution in [0.5, 0.6) is 0 Å². The van der Waals surface area contributed by atoms with E-state index in [0.717, 1.165) is 16.8 Å². The summed E-state index contributed by atoms with van der Waals surface area (Å²) in [6.07, 6.45) is 0. The molecule has 0 aliphatic rings. The molecule has 27 heavy (non-hydrogen) atoms. The Balaban J connectivity index is 1.69. The topological polar surface area (TPSA) is 17.8 Å². The van der Waals surface area contributed by atoms with Gasteiger partial charge in [-0.25, -0.2) is 4.98 Å². The molecule has 0 spiro atoms. The van der Waals surface area contributed by atoms with E-state index in [0.29, 0.717) is 10.3 Å². The molecule has 4 heteroatoms. The zero-order valence-corrected chi connectivity index (χ0v) is 15.7. The first-order valence-electron chi connectivity index (χ1n) is 8.63. The molecule has 0 bridgehead atoms. The largest absolute Gasteiger partial charge is 0.309 e. The highest BCUT2D eigenvalue weighted by Crippen LogP contribution is 2.32. The number of fused-ring (bicyclic) bond motifs is 3. The predicted octanol–water partition coefficient (Wildman–Crippen LogP) is 7.15. The van der Waals surface area contributed by atoms with Gasteiger partial charge in [0.05, 0.1) is 11.0 Å². The van der Waals surface area contributed by atoms with Gasteiger partial charge in [0.2, 0.25) is 0 Å². The average Bonchev–Trinajstić information content (AvgIpc) is 3.02. The SMILES string of the molecule is Clc1cc(-c2ccc(-n3c4ccccc4c4ccccc43)cc2)cc(Cl)n1. The number of pyridine rings is 1. The summed E-state index contributed by atoms with van der Waals surface area (Å²) in [6.45, 7) is 0. The molecular weight excluding hydrogens is 375 g/mol. The van der Waals surface area contributed by atoms with Gasteiger partial charge in [-0.3, -0.25) is 0 Å². The van der Waals surface area contributed by atoms with Crippen molar-refractivity contribution >= 4 is 45.0 Å². The lowest BCUT2D eigenvalue weighted by atomic mass is 10.1. The number of aromatic nitrogens is 2. The quantitative estimate of drug-likeness (QED) is 0.293. The number of rotatable bonds is 2. The number of para-hydroxylation sites is 2. The van der Waals surface area contributed by atoms with E-state index in [-0.39, 0.29) is 0 Å². The van der Waals surface area contributed by atoms with E-state index in [1.807, 2.05) is 12.1 Å². The molecule has 2 heterocycles. The van der Waals surface area contributed by atoms with Crippen LogP contribution >= 0.6 is 23.2 Å². The summed E-state index contributed by atoms with van der Waals surface area (Å²) in [6, 6.07) is 29.0. The Kier molecular flexibility index (Phi) is 3.89. The minimum Gasteiger partial charge on any atom is -0.309 e. The number of benzene rings is 3. The van der Waals surface area contributed by atoms with Crippen molar-refractivity contribution in [2.24, 2.45) is 0 Å². The molecule has 3 aromatic carbocycles. The first-order valence-corrected chi connectivity index (χ1v) is 9.38. The molecule has 0 unspecified atom stereocenters. The van der Waals surface area contributed by atoms with E-state index < -0.39 is 0 Å². The number of nitrogens with zero attached hydrogens (tertiary/aromatic N) is 2. The van der Waals surface area contributed by atoms with Gasteiger partial charge in [0, 0.05) is 16.5 Å². The number of hydrogen-bond donors (Lipinski definition) is 0. The van der Waals surface area contributed by atoms with E-state index in [1.165, 1.54) is 21.8 Å². The zero-order valence-electron chi connectivity index (χ0n) is 14.2. The van der Waals surface area contributed by atoms with Crippen molar-refractivity contribution in [3.05, 3.63) is 95.2 Å². The van der Waals surface area contributed by atoms with Crippen molar-refractivity contribution in [2.75, 3.05) is 0 Å². The highest BCUT2D eigenvalue weighted by atomic mass is 35.5. The van der Waals surface area contributed by atoms with Crippen LogP contribution in [0.3, 0.4) is 0 Å². The first-order chi connectivity index (χ1) is 13.2. The molecule has 0 saturated heterocycles. The van der Waals surface area contributed by atoms with Gasteiger partial charge in [0.1, 0.15) is 10.3 Å². The third-order valence-corrected chi connectivity index (χ3v) is 5.19. The van der Waals surface area contributed by atoms with Crippen LogP contribution in [0, 0.1) is 0 Å². The summed E-state index contributed by atoms with van der Waals surface area (Å²) in [7, 11) is 0. The Bertz CT molecular complexity index is 1210. The van der Waals surface area contributed by atoms with Gasteiger partial charge in [-0.15, -0.1) is 0 Å². The maximum Gasteiger partial charge on any atom is 0.131 e. The minimum atomic E-state index is 0.393. The summed E-state index contributed by atoms with van der Waals surface area (Å²) in [4.78, 5) is 4.01. The highest BCUT2D eigenvalue weighted by Gasteiger charge is 2.11. The lowest BCUT2D eigenvalue weighted by Gasteiger charge is -2.09. The highest BCUT2D eigenvalue weighted by molar-refractivity contribution is 6.32. The fourth-order valence-electron chi connectivity index (χ4n) is 3.64. The predicted molar refractivity (Wildman–Crippen MR) is 114 cm³/mol. The summed E-state index contributed by atoms with van der Waals surface area (Å²) in [5.74, 6) is 0. The van der Waals surface area contributed by atoms with E-state index in [2.05, 4.69) is 82.3 Å².